The molecular weight excluding hydrogens is 314 g/mol. The molecule has 0 bridgehead atoms. The molecule has 1 saturated heterocycles. The van der Waals surface area contributed by atoms with Crippen LogP contribution in [-0.2, 0) is 16.0 Å². The van der Waals surface area contributed by atoms with E-state index in [1.54, 1.807) is 18.5 Å². The van der Waals surface area contributed by atoms with Crippen LogP contribution >= 0.6 is 0 Å². The molecule has 25 heavy (non-hydrogen) atoms. The van der Waals surface area contributed by atoms with Crippen LogP contribution in [0.4, 0.5) is 0 Å². The van der Waals surface area contributed by atoms with Gasteiger partial charge in [0.2, 0.25) is 5.91 Å². The summed E-state index contributed by atoms with van der Waals surface area (Å²) < 4.78 is 5.59. The van der Waals surface area contributed by atoms with Crippen molar-refractivity contribution in [1.82, 2.24) is 14.9 Å². The highest BCUT2D eigenvalue weighted by Gasteiger charge is 2.26. The lowest BCUT2D eigenvalue weighted by Crippen LogP contribution is -2.48. The monoisotopic (exact) mass is 337 g/mol. The Bertz CT molecular complexity index is 731. The summed E-state index contributed by atoms with van der Waals surface area (Å²) in [5.41, 5.74) is 2.96. The number of carbonyl (C=O) groups is 1. The third-order valence-electron chi connectivity index (χ3n) is 4.43. The Hall–Kier alpha value is -2.53. The molecule has 0 saturated carbocycles. The summed E-state index contributed by atoms with van der Waals surface area (Å²) in [6.07, 6.45) is 8.55. The van der Waals surface area contributed by atoms with Crippen LogP contribution < -0.4 is 0 Å². The van der Waals surface area contributed by atoms with Crippen molar-refractivity contribution in [1.29, 1.82) is 0 Å². The SMILES string of the molecule is Cc1nccnc1CC[C@@H]1COCCN1C(=O)/C=C/c1ccccc1. The molecule has 5 nitrogen and oxygen atoms in total. The Morgan fingerprint density at radius 1 is 1.28 bits per heavy atom. The van der Waals surface area contributed by atoms with E-state index in [0.29, 0.717) is 19.8 Å². The Balaban J connectivity index is 1.63. The fraction of sp³-hybridized carbons (Fsp3) is 0.350. The van der Waals surface area contributed by atoms with Crippen LogP contribution in [0.3, 0.4) is 0 Å². The third kappa shape index (κ3) is 4.73. The van der Waals surface area contributed by atoms with E-state index in [4.69, 9.17) is 4.74 Å². The van der Waals surface area contributed by atoms with Gasteiger partial charge < -0.3 is 9.64 Å². The Morgan fingerprint density at radius 2 is 2.08 bits per heavy atom. The minimum Gasteiger partial charge on any atom is -0.377 e. The molecule has 0 radical (unpaired) electrons. The predicted octanol–water partition coefficient (Wildman–Crippen LogP) is 2.66. The van der Waals surface area contributed by atoms with E-state index in [9.17, 15) is 4.79 Å². The summed E-state index contributed by atoms with van der Waals surface area (Å²) in [6, 6.07) is 9.93. The maximum absolute atomic E-state index is 12.6. The second-order valence-electron chi connectivity index (χ2n) is 6.13. The number of aromatic nitrogens is 2. The molecule has 2 heterocycles. The molecule has 1 atom stereocenters. The smallest absolute Gasteiger partial charge is 0.246 e. The number of hydrogen-bond donors (Lipinski definition) is 0. The van der Waals surface area contributed by atoms with Gasteiger partial charge in [0.15, 0.2) is 0 Å². The Morgan fingerprint density at radius 3 is 2.88 bits per heavy atom. The van der Waals surface area contributed by atoms with Gasteiger partial charge in [-0.3, -0.25) is 14.8 Å². The zero-order valence-electron chi connectivity index (χ0n) is 14.5. The highest BCUT2D eigenvalue weighted by molar-refractivity contribution is 5.92. The van der Waals surface area contributed by atoms with Gasteiger partial charge in [-0.05, 0) is 31.4 Å². The third-order valence-corrected chi connectivity index (χ3v) is 4.43. The van der Waals surface area contributed by atoms with Crippen molar-refractivity contribution >= 4 is 12.0 Å². The first-order chi connectivity index (χ1) is 12.2. The molecule has 1 aliphatic rings. The van der Waals surface area contributed by atoms with Gasteiger partial charge in [-0.15, -0.1) is 0 Å². The Kier molecular flexibility index (Phi) is 5.90. The maximum Gasteiger partial charge on any atom is 0.246 e. The van der Waals surface area contributed by atoms with Crippen molar-refractivity contribution in [2.75, 3.05) is 19.8 Å². The first-order valence-corrected chi connectivity index (χ1v) is 8.62. The first-order valence-electron chi connectivity index (χ1n) is 8.62. The fourth-order valence-corrected chi connectivity index (χ4v) is 3.00. The molecule has 130 valence electrons. The van der Waals surface area contributed by atoms with Gasteiger partial charge in [-0.1, -0.05) is 30.3 Å². The van der Waals surface area contributed by atoms with Crippen LogP contribution in [0.25, 0.3) is 6.08 Å². The lowest BCUT2D eigenvalue weighted by Gasteiger charge is -2.35. The molecule has 3 rings (SSSR count). The summed E-state index contributed by atoms with van der Waals surface area (Å²) in [7, 11) is 0. The van der Waals surface area contributed by atoms with Crippen LogP contribution in [0.2, 0.25) is 0 Å². The van der Waals surface area contributed by atoms with Gasteiger partial charge in [0, 0.05) is 25.0 Å². The van der Waals surface area contributed by atoms with Gasteiger partial charge in [0.05, 0.1) is 30.6 Å². The summed E-state index contributed by atoms with van der Waals surface area (Å²) >= 11 is 0. The highest BCUT2D eigenvalue weighted by Crippen LogP contribution is 2.15. The molecular formula is C20H23N3O2. The molecule has 1 aromatic heterocycles. The summed E-state index contributed by atoms with van der Waals surface area (Å²) in [5.74, 6) is 0.0352. The summed E-state index contributed by atoms with van der Waals surface area (Å²) in [4.78, 5) is 23.2. The molecule has 0 aliphatic carbocycles. The van der Waals surface area contributed by atoms with Gasteiger partial charge in [0.1, 0.15) is 0 Å². The predicted molar refractivity (Wildman–Crippen MR) is 96.9 cm³/mol. The van der Waals surface area contributed by atoms with Gasteiger partial charge in [-0.2, -0.15) is 0 Å². The van der Waals surface area contributed by atoms with E-state index in [0.717, 1.165) is 29.8 Å². The van der Waals surface area contributed by atoms with E-state index in [2.05, 4.69) is 9.97 Å². The average Bonchev–Trinajstić information content (AvgIpc) is 2.66. The van der Waals surface area contributed by atoms with Crippen molar-refractivity contribution in [3.63, 3.8) is 0 Å². The second-order valence-corrected chi connectivity index (χ2v) is 6.13. The van der Waals surface area contributed by atoms with Crippen LogP contribution in [0.5, 0.6) is 0 Å². The van der Waals surface area contributed by atoms with Crippen molar-refractivity contribution in [3.05, 3.63) is 65.8 Å². The van der Waals surface area contributed by atoms with Gasteiger partial charge >= 0.3 is 0 Å². The standard InChI is InChI=1S/C20H23N3O2/c1-16-19(22-12-11-21-16)9-8-18-15-25-14-13-23(18)20(24)10-7-17-5-3-2-4-6-17/h2-7,10-12,18H,8-9,13-15H2,1H3/b10-7+/t18-/m1/s1. The maximum atomic E-state index is 12.6. The number of amides is 1. The summed E-state index contributed by atoms with van der Waals surface area (Å²) in [6.45, 7) is 3.75. The molecule has 0 unspecified atom stereocenters. The number of morpholine rings is 1. The molecule has 1 fully saturated rings. The largest absolute Gasteiger partial charge is 0.377 e. The van der Waals surface area contributed by atoms with Gasteiger partial charge in [-0.25, -0.2) is 0 Å². The van der Waals surface area contributed by atoms with E-state index in [-0.39, 0.29) is 11.9 Å². The molecule has 1 aliphatic heterocycles. The minimum atomic E-state index is 0.0352. The number of carbonyl (C=O) groups excluding carboxylic acids is 1. The molecule has 0 spiro atoms. The summed E-state index contributed by atoms with van der Waals surface area (Å²) in [5, 5.41) is 0. The first kappa shape index (κ1) is 17.3. The fourth-order valence-electron chi connectivity index (χ4n) is 3.00. The number of nitrogens with zero attached hydrogens (tertiary/aromatic N) is 3. The average molecular weight is 337 g/mol. The van der Waals surface area contributed by atoms with Crippen molar-refractivity contribution in [3.8, 4) is 0 Å². The van der Waals surface area contributed by atoms with E-state index in [1.165, 1.54) is 0 Å². The molecule has 1 aromatic carbocycles. The number of rotatable bonds is 5. The van der Waals surface area contributed by atoms with Crippen LogP contribution in [0, 0.1) is 6.92 Å². The lowest BCUT2D eigenvalue weighted by molar-refractivity contribution is -0.134. The Labute approximate surface area is 148 Å². The molecule has 2 aromatic rings. The van der Waals surface area contributed by atoms with Crippen LogP contribution in [-0.4, -0.2) is 46.6 Å². The number of ether oxygens (including phenoxy) is 1. The number of hydrogen-bond acceptors (Lipinski definition) is 4. The topological polar surface area (TPSA) is 55.3 Å². The number of aryl methyl sites for hydroxylation is 2. The molecule has 5 heteroatoms. The number of benzene rings is 1. The molecule has 0 N–H and O–H groups in total. The van der Waals surface area contributed by atoms with E-state index in [1.807, 2.05) is 48.2 Å². The zero-order valence-corrected chi connectivity index (χ0v) is 14.5. The van der Waals surface area contributed by atoms with Crippen molar-refractivity contribution < 1.29 is 9.53 Å². The van der Waals surface area contributed by atoms with E-state index < -0.39 is 0 Å². The normalized spacial score (nSPS) is 17.8. The van der Waals surface area contributed by atoms with Crippen molar-refractivity contribution in [2.24, 2.45) is 0 Å². The highest BCUT2D eigenvalue weighted by atomic mass is 16.5. The quantitative estimate of drug-likeness (QED) is 0.787. The van der Waals surface area contributed by atoms with Crippen LogP contribution in [0.1, 0.15) is 23.4 Å². The van der Waals surface area contributed by atoms with Crippen LogP contribution in [0.15, 0.2) is 48.8 Å². The lowest BCUT2D eigenvalue weighted by atomic mass is 10.1. The molecule has 1 amide bonds. The van der Waals surface area contributed by atoms with Crippen molar-refractivity contribution in [2.45, 2.75) is 25.8 Å². The zero-order chi connectivity index (χ0) is 17.5. The van der Waals surface area contributed by atoms with Gasteiger partial charge in [0.25, 0.3) is 0 Å². The van der Waals surface area contributed by atoms with E-state index >= 15 is 0 Å². The minimum absolute atomic E-state index is 0.0352. The second kappa shape index (κ2) is 8.53.